The Bertz CT molecular complexity index is 701. The number of carbonyl (C=O) groups excluding carboxylic acids is 1. The van der Waals surface area contributed by atoms with Crippen molar-refractivity contribution in [2.24, 2.45) is 5.92 Å². The molecule has 1 saturated heterocycles. The number of amides is 1. The molecule has 1 aliphatic rings. The molecule has 0 spiro atoms. The van der Waals surface area contributed by atoms with E-state index in [0.29, 0.717) is 12.4 Å². The number of benzene rings is 1. The highest BCUT2D eigenvalue weighted by Crippen LogP contribution is 2.17. The molecule has 2 N–H and O–H groups in total. The number of aryl methyl sites for hydroxylation is 1. The lowest BCUT2D eigenvalue weighted by Gasteiger charge is -2.32. The number of hydrogen-bond acceptors (Lipinski definition) is 4. The maximum Gasteiger partial charge on any atom is 0.239 e. The van der Waals surface area contributed by atoms with Gasteiger partial charge in [0.15, 0.2) is 5.82 Å². The molecule has 1 atom stereocenters. The van der Waals surface area contributed by atoms with Gasteiger partial charge in [-0.05, 0) is 38.2 Å². The summed E-state index contributed by atoms with van der Waals surface area (Å²) in [5, 5.41) is 10.4. The number of hydrogen-bond donors (Lipinski definition) is 2. The maximum absolute atomic E-state index is 12.5. The van der Waals surface area contributed by atoms with E-state index in [1.54, 1.807) is 0 Å². The Labute approximate surface area is 149 Å². The number of likely N-dealkylation sites (tertiary alicyclic amines) is 1. The number of aromatic amines is 1. The van der Waals surface area contributed by atoms with Crippen LogP contribution in [0.15, 0.2) is 24.3 Å². The average Bonchev–Trinajstić information content (AvgIpc) is 3.06. The Balaban J connectivity index is 1.51. The molecule has 1 unspecified atom stereocenters. The molecule has 3 rings (SSSR count). The van der Waals surface area contributed by atoms with Gasteiger partial charge in [-0.15, -0.1) is 0 Å². The smallest absolute Gasteiger partial charge is 0.239 e. The predicted octanol–water partition coefficient (Wildman–Crippen LogP) is 2.52. The lowest BCUT2D eigenvalue weighted by molar-refractivity contribution is -0.134. The Kier molecular flexibility index (Phi) is 5.48. The number of piperidine rings is 1. The molecule has 1 aromatic heterocycles. The van der Waals surface area contributed by atoms with Gasteiger partial charge in [-0.3, -0.25) is 9.89 Å². The van der Waals surface area contributed by atoms with Crippen LogP contribution in [0, 0.1) is 12.8 Å². The molecule has 25 heavy (non-hydrogen) atoms. The van der Waals surface area contributed by atoms with Crippen LogP contribution in [0.4, 0.5) is 0 Å². The summed E-state index contributed by atoms with van der Waals surface area (Å²) in [5.41, 5.74) is 2.13. The summed E-state index contributed by atoms with van der Waals surface area (Å²) in [4.78, 5) is 18.8. The van der Waals surface area contributed by atoms with Crippen LogP contribution in [-0.4, -0.2) is 45.1 Å². The zero-order valence-corrected chi connectivity index (χ0v) is 15.2. The molecule has 2 aromatic rings. The van der Waals surface area contributed by atoms with Crippen LogP contribution >= 0.6 is 0 Å². The minimum Gasteiger partial charge on any atom is -0.341 e. The first-order valence-corrected chi connectivity index (χ1v) is 9.03. The van der Waals surface area contributed by atoms with Crippen molar-refractivity contribution in [3.8, 4) is 11.4 Å². The first-order valence-electron chi connectivity index (χ1n) is 9.03. The van der Waals surface area contributed by atoms with Crippen molar-refractivity contribution in [3.05, 3.63) is 35.7 Å². The van der Waals surface area contributed by atoms with Crippen LogP contribution in [0.2, 0.25) is 0 Å². The van der Waals surface area contributed by atoms with E-state index in [-0.39, 0.29) is 11.9 Å². The Hall–Kier alpha value is -2.21. The van der Waals surface area contributed by atoms with Crippen molar-refractivity contribution >= 4 is 5.91 Å². The molecule has 1 amide bonds. The van der Waals surface area contributed by atoms with Crippen LogP contribution in [-0.2, 0) is 11.3 Å². The Morgan fingerprint density at radius 1 is 1.32 bits per heavy atom. The van der Waals surface area contributed by atoms with E-state index < -0.39 is 0 Å². The maximum atomic E-state index is 12.5. The standard InChI is InChI=1S/C19H27N5O/c1-13-8-10-24(11-9-13)19(25)14(2)20-12-16-4-6-17(7-5-16)18-21-15(3)22-23-18/h4-7,13-14,20H,8-12H2,1-3H3,(H,21,22,23). The van der Waals surface area contributed by atoms with Gasteiger partial charge >= 0.3 is 0 Å². The Morgan fingerprint density at radius 2 is 2.00 bits per heavy atom. The summed E-state index contributed by atoms with van der Waals surface area (Å²) in [7, 11) is 0. The second kappa shape index (κ2) is 7.78. The molecule has 0 aliphatic carbocycles. The third-order valence-corrected chi connectivity index (χ3v) is 4.89. The topological polar surface area (TPSA) is 73.9 Å². The zero-order valence-electron chi connectivity index (χ0n) is 15.2. The SMILES string of the molecule is Cc1nc(-c2ccc(CNC(C)C(=O)N3CCC(C)CC3)cc2)n[nH]1. The van der Waals surface area contributed by atoms with Crippen molar-refractivity contribution in [3.63, 3.8) is 0 Å². The van der Waals surface area contributed by atoms with Gasteiger partial charge in [0.05, 0.1) is 6.04 Å². The fourth-order valence-corrected chi connectivity index (χ4v) is 3.10. The van der Waals surface area contributed by atoms with Crippen LogP contribution in [0.25, 0.3) is 11.4 Å². The molecular weight excluding hydrogens is 314 g/mol. The lowest BCUT2D eigenvalue weighted by atomic mass is 9.99. The highest BCUT2D eigenvalue weighted by molar-refractivity contribution is 5.81. The number of H-pyrrole nitrogens is 1. The largest absolute Gasteiger partial charge is 0.341 e. The van der Waals surface area contributed by atoms with E-state index in [9.17, 15) is 4.79 Å². The Morgan fingerprint density at radius 3 is 2.60 bits per heavy atom. The molecule has 6 nitrogen and oxygen atoms in total. The predicted molar refractivity (Wildman–Crippen MR) is 97.8 cm³/mol. The average molecular weight is 341 g/mol. The highest BCUT2D eigenvalue weighted by Gasteiger charge is 2.23. The summed E-state index contributed by atoms with van der Waals surface area (Å²) in [5.74, 6) is 2.46. The van der Waals surface area contributed by atoms with Gasteiger partial charge in [0.25, 0.3) is 0 Å². The summed E-state index contributed by atoms with van der Waals surface area (Å²) in [6, 6.07) is 7.96. The van der Waals surface area contributed by atoms with Crippen LogP contribution in [0.5, 0.6) is 0 Å². The lowest BCUT2D eigenvalue weighted by Crippen LogP contribution is -2.47. The van der Waals surface area contributed by atoms with Crippen LogP contribution < -0.4 is 5.32 Å². The number of nitrogens with zero attached hydrogens (tertiary/aromatic N) is 3. The van der Waals surface area contributed by atoms with Gasteiger partial charge in [-0.2, -0.15) is 5.10 Å². The normalized spacial score (nSPS) is 16.8. The third-order valence-electron chi connectivity index (χ3n) is 4.89. The monoisotopic (exact) mass is 341 g/mol. The van der Waals surface area contributed by atoms with Crippen LogP contribution in [0.1, 0.15) is 38.1 Å². The van der Waals surface area contributed by atoms with E-state index in [1.165, 1.54) is 0 Å². The molecule has 0 radical (unpaired) electrons. The van der Waals surface area contributed by atoms with Gasteiger partial charge in [0.1, 0.15) is 5.82 Å². The quantitative estimate of drug-likeness (QED) is 0.876. The van der Waals surface area contributed by atoms with E-state index in [1.807, 2.05) is 43.0 Å². The fourth-order valence-electron chi connectivity index (χ4n) is 3.10. The summed E-state index contributed by atoms with van der Waals surface area (Å²) in [6.45, 7) is 8.53. The van der Waals surface area contributed by atoms with Crippen molar-refractivity contribution in [1.29, 1.82) is 0 Å². The van der Waals surface area contributed by atoms with Crippen molar-refractivity contribution in [2.75, 3.05) is 13.1 Å². The number of carbonyl (C=O) groups is 1. The number of rotatable bonds is 5. The summed E-state index contributed by atoms with van der Waals surface area (Å²) < 4.78 is 0. The summed E-state index contributed by atoms with van der Waals surface area (Å²) in [6.07, 6.45) is 2.22. The van der Waals surface area contributed by atoms with E-state index in [2.05, 4.69) is 27.4 Å². The molecule has 1 aromatic carbocycles. The first kappa shape index (κ1) is 17.6. The van der Waals surface area contributed by atoms with Crippen molar-refractivity contribution in [1.82, 2.24) is 25.4 Å². The third kappa shape index (κ3) is 4.45. The number of nitrogens with one attached hydrogen (secondary N) is 2. The van der Waals surface area contributed by atoms with Crippen molar-refractivity contribution in [2.45, 2.75) is 46.2 Å². The second-order valence-electron chi connectivity index (χ2n) is 7.05. The molecule has 0 bridgehead atoms. The molecule has 134 valence electrons. The fraction of sp³-hybridized carbons (Fsp3) is 0.526. The zero-order chi connectivity index (χ0) is 17.8. The minimum absolute atomic E-state index is 0.163. The van der Waals surface area contributed by atoms with Gasteiger partial charge in [0, 0.05) is 25.2 Å². The highest BCUT2D eigenvalue weighted by atomic mass is 16.2. The number of aromatic nitrogens is 3. The van der Waals surface area contributed by atoms with Crippen LogP contribution in [0.3, 0.4) is 0 Å². The van der Waals surface area contributed by atoms with Gasteiger partial charge in [0.2, 0.25) is 5.91 Å². The first-order chi connectivity index (χ1) is 12.0. The molecule has 2 heterocycles. The summed E-state index contributed by atoms with van der Waals surface area (Å²) >= 11 is 0. The van der Waals surface area contributed by atoms with Gasteiger partial charge in [-0.1, -0.05) is 31.2 Å². The van der Waals surface area contributed by atoms with Gasteiger partial charge < -0.3 is 10.2 Å². The van der Waals surface area contributed by atoms with E-state index in [0.717, 1.165) is 48.8 Å². The molecular formula is C19H27N5O. The van der Waals surface area contributed by atoms with Gasteiger partial charge in [-0.25, -0.2) is 4.98 Å². The van der Waals surface area contributed by atoms with E-state index >= 15 is 0 Å². The van der Waals surface area contributed by atoms with Crippen molar-refractivity contribution < 1.29 is 4.79 Å². The molecule has 6 heteroatoms. The molecule has 1 aliphatic heterocycles. The minimum atomic E-state index is -0.163. The molecule has 0 saturated carbocycles. The molecule has 1 fully saturated rings. The van der Waals surface area contributed by atoms with E-state index in [4.69, 9.17) is 0 Å². The second-order valence-corrected chi connectivity index (χ2v) is 7.05.